The zero-order chi connectivity index (χ0) is 20.8. The molecule has 2 aliphatic heterocycles. The number of nitrogens with one attached hydrogen (secondary N) is 1. The number of hydrogen-bond donors (Lipinski definition) is 1. The van der Waals surface area contributed by atoms with Gasteiger partial charge in [-0.3, -0.25) is 0 Å². The first kappa shape index (κ1) is 18.7. The fourth-order valence-corrected chi connectivity index (χ4v) is 3.79. The Morgan fingerprint density at radius 3 is 3.03 bits per heavy atom. The molecule has 156 valence electrons. The summed E-state index contributed by atoms with van der Waals surface area (Å²) in [4.78, 5) is 11.2. The van der Waals surface area contributed by atoms with E-state index < -0.39 is 5.82 Å². The van der Waals surface area contributed by atoms with E-state index in [-0.39, 0.29) is 12.1 Å². The number of rotatable bonds is 0. The lowest BCUT2D eigenvalue weighted by Gasteiger charge is -2.36. The Balaban J connectivity index is 1.67. The molecular weight excluding hydrogens is 387 g/mol. The molecule has 0 aliphatic carbocycles. The monoisotopic (exact) mass is 410 g/mol. The molecule has 9 heteroatoms. The van der Waals surface area contributed by atoms with E-state index in [0.29, 0.717) is 48.4 Å². The van der Waals surface area contributed by atoms with Crippen LogP contribution in [0.5, 0.6) is 11.6 Å². The second-order valence-electron chi connectivity index (χ2n) is 7.78. The summed E-state index contributed by atoms with van der Waals surface area (Å²) in [5, 5.41) is 7.74. The van der Waals surface area contributed by atoms with Crippen molar-refractivity contribution in [1.82, 2.24) is 24.9 Å². The maximum absolute atomic E-state index is 14.0. The normalized spacial score (nSPS) is 21.4. The minimum atomic E-state index is -0.397. The van der Waals surface area contributed by atoms with Crippen molar-refractivity contribution in [1.29, 1.82) is 0 Å². The lowest BCUT2D eigenvalue weighted by Crippen LogP contribution is -2.41. The Bertz CT molecular complexity index is 1130. The molecule has 0 fully saturated rings. The first-order chi connectivity index (χ1) is 14.5. The largest absolute Gasteiger partial charge is 0.486 e. The van der Waals surface area contributed by atoms with Gasteiger partial charge in [-0.2, -0.15) is 5.10 Å². The van der Waals surface area contributed by atoms with Gasteiger partial charge in [0, 0.05) is 24.2 Å². The molecule has 30 heavy (non-hydrogen) atoms. The van der Waals surface area contributed by atoms with Crippen LogP contribution in [0.4, 0.5) is 10.2 Å². The van der Waals surface area contributed by atoms with Gasteiger partial charge < -0.3 is 19.7 Å². The van der Waals surface area contributed by atoms with Gasteiger partial charge in [0.1, 0.15) is 12.4 Å². The fraction of sp³-hybridized carbons (Fsp3) is 0.381. The van der Waals surface area contributed by atoms with E-state index in [9.17, 15) is 4.39 Å². The minimum absolute atomic E-state index is 0.0293. The highest BCUT2D eigenvalue weighted by atomic mass is 19.1. The first-order valence-electron chi connectivity index (χ1n) is 10.0. The van der Waals surface area contributed by atoms with Crippen LogP contribution in [0.2, 0.25) is 0 Å². The maximum atomic E-state index is 14.0. The van der Waals surface area contributed by atoms with Crippen LogP contribution in [-0.4, -0.2) is 44.9 Å². The third-order valence-corrected chi connectivity index (χ3v) is 5.48. The van der Waals surface area contributed by atoms with Crippen molar-refractivity contribution in [3.05, 3.63) is 48.2 Å². The number of pyridine rings is 1. The van der Waals surface area contributed by atoms with Crippen molar-refractivity contribution in [2.75, 3.05) is 18.1 Å². The Labute approximate surface area is 173 Å². The van der Waals surface area contributed by atoms with Gasteiger partial charge in [0.25, 0.3) is 0 Å². The van der Waals surface area contributed by atoms with Gasteiger partial charge in [0.15, 0.2) is 17.2 Å². The molecular formula is C21H23FN6O2. The third kappa shape index (κ3) is 3.20. The molecule has 0 radical (unpaired) electrons. The van der Waals surface area contributed by atoms with E-state index in [2.05, 4.69) is 26.9 Å². The van der Waals surface area contributed by atoms with Crippen LogP contribution in [0.15, 0.2) is 31.2 Å². The van der Waals surface area contributed by atoms with Crippen LogP contribution in [0.25, 0.3) is 11.3 Å². The predicted molar refractivity (Wildman–Crippen MR) is 110 cm³/mol. The van der Waals surface area contributed by atoms with Crippen molar-refractivity contribution in [2.24, 2.45) is 0 Å². The molecule has 8 nitrogen and oxygen atoms in total. The van der Waals surface area contributed by atoms with Gasteiger partial charge >= 0.3 is 0 Å². The van der Waals surface area contributed by atoms with Crippen molar-refractivity contribution in [3.63, 3.8) is 0 Å². The van der Waals surface area contributed by atoms with Crippen LogP contribution < -0.4 is 19.7 Å². The van der Waals surface area contributed by atoms with E-state index in [1.165, 1.54) is 12.3 Å². The molecule has 5 rings (SSSR count). The second-order valence-corrected chi connectivity index (χ2v) is 7.78. The fourth-order valence-electron chi connectivity index (χ4n) is 3.79. The van der Waals surface area contributed by atoms with Crippen molar-refractivity contribution < 1.29 is 13.9 Å². The molecule has 2 atom stereocenters. The van der Waals surface area contributed by atoms with E-state index in [1.807, 2.05) is 20.0 Å². The number of halogens is 1. The average Bonchev–Trinajstić information content (AvgIpc) is 3.13. The number of anilines is 1. The summed E-state index contributed by atoms with van der Waals surface area (Å²) in [6.45, 7) is 9.71. The second kappa shape index (κ2) is 7.16. The summed E-state index contributed by atoms with van der Waals surface area (Å²) in [5.41, 5.74) is 2.94. The van der Waals surface area contributed by atoms with Gasteiger partial charge in [0.2, 0.25) is 5.88 Å². The Hall–Kier alpha value is -3.36. The minimum Gasteiger partial charge on any atom is -0.486 e. The summed E-state index contributed by atoms with van der Waals surface area (Å²) in [6, 6.07) is 1.51. The summed E-state index contributed by atoms with van der Waals surface area (Å²) < 4.78 is 27.7. The first-order valence-corrected chi connectivity index (χ1v) is 10.0. The molecule has 3 aromatic rings. The van der Waals surface area contributed by atoms with Crippen LogP contribution in [0.3, 0.4) is 0 Å². The number of ether oxygens (including phenoxy) is 2. The van der Waals surface area contributed by atoms with Gasteiger partial charge in [-0.25, -0.2) is 18.9 Å². The third-order valence-electron chi connectivity index (χ3n) is 5.48. The van der Waals surface area contributed by atoms with E-state index in [4.69, 9.17) is 14.5 Å². The molecule has 0 aromatic carbocycles. The topological polar surface area (TPSA) is 76.8 Å². The van der Waals surface area contributed by atoms with Gasteiger partial charge in [-0.05, 0) is 19.9 Å². The van der Waals surface area contributed by atoms with Crippen molar-refractivity contribution >= 4 is 17.2 Å². The highest BCUT2D eigenvalue weighted by Crippen LogP contribution is 2.35. The molecule has 0 spiro atoms. The standard InChI is InChI=1S/C21H23FN6O2/c1-12-11-29-18-10-28-19-17(8-25-28)14(3)23-5-4-13(2)30-21-15(6-16(22)7-24-21)9-27(12)20(18)26-19/h6-8,10,12-13,23H,3-5,9,11H2,1-2H3/t12-,13+/m1/s1. The molecule has 2 bridgehead atoms. The van der Waals surface area contributed by atoms with Crippen LogP contribution in [0, 0.1) is 5.82 Å². The van der Waals surface area contributed by atoms with Gasteiger partial charge in [0.05, 0.1) is 42.8 Å². The van der Waals surface area contributed by atoms with Crippen molar-refractivity contribution in [3.8, 4) is 11.6 Å². The predicted octanol–water partition coefficient (Wildman–Crippen LogP) is 2.78. The number of hydrogen-bond acceptors (Lipinski definition) is 7. The quantitative estimate of drug-likeness (QED) is 0.611. The zero-order valence-corrected chi connectivity index (χ0v) is 16.9. The number of aromatic nitrogens is 4. The SMILES string of the molecule is C=C1NCC[C@H](C)Oc2ncc(F)cc2CN2c3nc4c1cnn4cc3OC[C@H]2C. The summed E-state index contributed by atoms with van der Waals surface area (Å²) >= 11 is 0. The molecule has 2 aliphatic rings. The molecule has 3 aromatic heterocycles. The van der Waals surface area contributed by atoms with Crippen LogP contribution in [-0.2, 0) is 6.54 Å². The average molecular weight is 410 g/mol. The van der Waals surface area contributed by atoms with E-state index >= 15 is 0 Å². The molecule has 1 N–H and O–H groups in total. The Morgan fingerprint density at radius 1 is 1.30 bits per heavy atom. The zero-order valence-electron chi connectivity index (χ0n) is 16.9. The highest BCUT2D eigenvalue weighted by Gasteiger charge is 2.29. The van der Waals surface area contributed by atoms with Crippen LogP contribution >= 0.6 is 0 Å². The molecule has 0 saturated carbocycles. The summed E-state index contributed by atoms with van der Waals surface area (Å²) in [5.74, 6) is 1.34. The Kier molecular flexibility index (Phi) is 4.45. The molecule has 0 saturated heterocycles. The lowest BCUT2D eigenvalue weighted by molar-refractivity contribution is 0.200. The summed E-state index contributed by atoms with van der Waals surface area (Å²) in [7, 11) is 0. The van der Waals surface area contributed by atoms with E-state index in [1.54, 1.807) is 10.7 Å². The number of fused-ring (bicyclic) bond motifs is 1. The van der Waals surface area contributed by atoms with Crippen molar-refractivity contribution in [2.45, 2.75) is 39.0 Å². The van der Waals surface area contributed by atoms with Gasteiger partial charge in [-0.1, -0.05) is 6.58 Å². The molecule has 0 amide bonds. The summed E-state index contributed by atoms with van der Waals surface area (Å²) in [6.07, 6.45) is 5.38. The van der Waals surface area contributed by atoms with E-state index in [0.717, 1.165) is 17.7 Å². The number of nitrogens with zero attached hydrogens (tertiary/aromatic N) is 5. The highest BCUT2D eigenvalue weighted by molar-refractivity contribution is 5.75. The molecule has 0 unspecified atom stereocenters. The van der Waals surface area contributed by atoms with Crippen LogP contribution in [0.1, 0.15) is 31.4 Å². The molecule has 5 heterocycles. The maximum Gasteiger partial charge on any atom is 0.218 e. The Morgan fingerprint density at radius 2 is 2.17 bits per heavy atom. The lowest BCUT2D eigenvalue weighted by atomic mass is 10.1. The smallest absolute Gasteiger partial charge is 0.218 e. The van der Waals surface area contributed by atoms with Gasteiger partial charge in [-0.15, -0.1) is 0 Å².